The summed E-state index contributed by atoms with van der Waals surface area (Å²) < 4.78 is 14.6. The van der Waals surface area contributed by atoms with Gasteiger partial charge in [0.25, 0.3) is 0 Å². The molecule has 1 aromatic carbocycles. The summed E-state index contributed by atoms with van der Waals surface area (Å²) in [5, 5.41) is 9.99. The van der Waals surface area contributed by atoms with Gasteiger partial charge in [-0.1, -0.05) is 12.1 Å². The van der Waals surface area contributed by atoms with E-state index in [4.69, 9.17) is 15.8 Å². The van der Waals surface area contributed by atoms with Crippen LogP contribution in [0.5, 0.6) is 0 Å². The first-order valence-electron chi connectivity index (χ1n) is 12.4. The third-order valence-electron chi connectivity index (χ3n) is 6.69. The minimum absolute atomic E-state index is 0.182. The molecule has 0 atom stereocenters. The van der Waals surface area contributed by atoms with E-state index in [1.807, 2.05) is 30.5 Å². The predicted molar refractivity (Wildman–Crippen MR) is 145 cm³/mol. The third kappa shape index (κ3) is 5.55. The van der Waals surface area contributed by atoms with Crippen LogP contribution in [0, 0.1) is 5.82 Å². The van der Waals surface area contributed by atoms with E-state index in [9.17, 15) is 4.39 Å². The Morgan fingerprint density at radius 2 is 1.95 bits per heavy atom. The molecule has 5 rings (SSSR count). The first kappa shape index (κ1) is 24.7. The van der Waals surface area contributed by atoms with Crippen molar-refractivity contribution in [2.24, 2.45) is 10.7 Å². The highest BCUT2D eigenvalue weighted by molar-refractivity contribution is 6.10. The molecule has 0 saturated carbocycles. The summed E-state index contributed by atoms with van der Waals surface area (Å²) in [6.07, 6.45) is 10.5. The Labute approximate surface area is 215 Å². The minimum atomic E-state index is -0.338. The number of aliphatic hydroxyl groups is 1. The van der Waals surface area contributed by atoms with Gasteiger partial charge in [0.1, 0.15) is 5.82 Å². The van der Waals surface area contributed by atoms with Gasteiger partial charge in [0.05, 0.1) is 18.3 Å². The number of benzene rings is 1. The zero-order chi connectivity index (χ0) is 25.6. The maximum atomic E-state index is 14.6. The number of halogens is 1. The van der Waals surface area contributed by atoms with Gasteiger partial charge in [0.2, 0.25) is 0 Å². The SMILES string of the molecule is NC=C(C=NC1CCN(CCO)CC1)c1cncc(-c2cc(-c3ccccc3F)nc3ncccc23)c1. The number of β-amino-alcohol motifs (C(OH)–C–C–N with tert-alkyl or cyclic N) is 1. The fourth-order valence-corrected chi connectivity index (χ4v) is 4.68. The highest BCUT2D eigenvalue weighted by atomic mass is 19.1. The number of piperidine rings is 1. The molecule has 1 aliphatic heterocycles. The average Bonchev–Trinajstić information content (AvgIpc) is 2.94. The summed E-state index contributed by atoms with van der Waals surface area (Å²) >= 11 is 0. The van der Waals surface area contributed by atoms with Crippen molar-refractivity contribution in [1.29, 1.82) is 0 Å². The van der Waals surface area contributed by atoms with Gasteiger partial charge in [0, 0.05) is 78.3 Å². The summed E-state index contributed by atoms with van der Waals surface area (Å²) in [7, 11) is 0. The molecular formula is C29H29FN6O. The number of aromatic nitrogens is 3. The van der Waals surface area contributed by atoms with Gasteiger partial charge in [0.15, 0.2) is 5.65 Å². The van der Waals surface area contributed by atoms with Crippen LogP contribution in [0.2, 0.25) is 0 Å². The van der Waals surface area contributed by atoms with Crippen molar-refractivity contribution in [3.63, 3.8) is 0 Å². The zero-order valence-corrected chi connectivity index (χ0v) is 20.5. The van der Waals surface area contributed by atoms with Crippen molar-refractivity contribution in [3.8, 4) is 22.4 Å². The Morgan fingerprint density at radius 1 is 1.11 bits per heavy atom. The summed E-state index contributed by atoms with van der Waals surface area (Å²) in [6.45, 7) is 2.74. The van der Waals surface area contributed by atoms with E-state index < -0.39 is 0 Å². The van der Waals surface area contributed by atoms with Crippen molar-refractivity contribution in [2.45, 2.75) is 18.9 Å². The Kier molecular flexibility index (Phi) is 7.58. The van der Waals surface area contributed by atoms with E-state index in [0.717, 1.165) is 53.6 Å². The minimum Gasteiger partial charge on any atom is -0.404 e. The van der Waals surface area contributed by atoms with E-state index in [1.54, 1.807) is 43.0 Å². The van der Waals surface area contributed by atoms with Gasteiger partial charge in [-0.2, -0.15) is 0 Å². The van der Waals surface area contributed by atoms with Gasteiger partial charge in [-0.05, 0) is 54.8 Å². The van der Waals surface area contributed by atoms with Crippen LogP contribution in [0.4, 0.5) is 4.39 Å². The molecule has 0 amide bonds. The van der Waals surface area contributed by atoms with E-state index in [1.165, 1.54) is 6.07 Å². The number of aliphatic imine (C=N–C) groups is 1. The van der Waals surface area contributed by atoms with Crippen LogP contribution in [0.15, 0.2) is 78.3 Å². The molecule has 4 aromatic rings. The molecule has 1 aliphatic rings. The van der Waals surface area contributed by atoms with Gasteiger partial charge in [-0.3, -0.25) is 9.98 Å². The normalized spacial score (nSPS) is 15.6. The van der Waals surface area contributed by atoms with Gasteiger partial charge in [-0.25, -0.2) is 14.4 Å². The van der Waals surface area contributed by atoms with E-state index in [-0.39, 0.29) is 18.5 Å². The molecule has 0 bridgehead atoms. The number of pyridine rings is 3. The third-order valence-corrected chi connectivity index (χ3v) is 6.69. The standard InChI is InChI=1S/C29H29FN6O/c30-27-6-2-1-4-25(27)28-15-26(24-5-3-9-33-29(24)35-28)21-14-20(17-32-18-21)22(16-31)19-34-23-7-10-36(11-8-23)12-13-37/h1-6,9,14-19,23,37H,7-8,10-13,31H2. The molecule has 4 heterocycles. The lowest BCUT2D eigenvalue weighted by molar-refractivity contribution is 0.165. The summed E-state index contributed by atoms with van der Waals surface area (Å²) in [5.74, 6) is -0.338. The first-order chi connectivity index (χ1) is 18.2. The van der Waals surface area contributed by atoms with Crippen LogP contribution < -0.4 is 5.73 Å². The fraction of sp³-hybridized carbons (Fsp3) is 0.241. The smallest absolute Gasteiger partial charge is 0.160 e. The van der Waals surface area contributed by atoms with E-state index >= 15 is 0 Å². The van der Waals surface area contributed by atoms with Crippen molar-refractivity contribution in [2.75, 3.05) is 26.2 Å². The molecule has 0 spiro atoms. The number of allylic oxidation sites excluding steroid dienone is 1. The Morgan fingerprint density at radius 3 is 2.73 bits per heavy atom. The number of rotatable bonds is 7. The molecule has 1 saturated heterocycles. The lowest BCUT2D eigenvalue weighted by Gasteiger charge is -2.29. The fourth-order valence-electron chi connectivity index (χ4n) is 4.68. The monoisotopic (exact) mass is 496 g/mol. The zero-order valence-electron chi connectivity index (χ0n) is 20.5. The molecule has 188 valence electrons. The van der Waals surface area contributed by atoms with Gasteiger partial charge >= 0.3 is 0 Å². The second-order valence-electron chi connectivity index (χ2n) is 9.07. The Hall–Kier alpha value is -4.01. The first-order valence-corrected chi connectivity index (χ1v) is 12.4. The van der Waals surface area contributed by atoms with Gasteiger partial charge in [-0.15, -0.1) is 0 Å². The molecule has 0 radical (unpaired) electrons. The maximum absolute atomic E-state index is 14.6. The van der Waals surface area contributed by atoms with Crippen LogP contribution in [-0.2, 0) is 0 Å². The average molecular weight is 497 g/mol. The number of likely N-dealkylation sites (tertiary alicyclic amines) is 1. The van der Waals surface area contributed by atoms with Crippen molar-refractivity contribution in [3.05, 3.63) is 84.7 Å². The molecule has 8 heteroatoms. The van der Waals surface area contributed by atoms with Crippen molar-refractivity contribution in [1.82, 2.24) is 19.9 Å². The maximum Gasteiger partial charge on any atom is 0.160 e. The van der Waals surface area contributed by atoms with Crippen LogP contribution >= 0.6 is 0 Å². The van der Waals surface area contributed by atoms with E-state index in [2.05, 4.69) is 19.9 Å². The van der Waals surface area contributed by atoms with Crippen LogP contribution in [0.25, 0.3) is 39.0 Å². The molecule has 1 fully saturated rings. The van der Waals surface area contributed by atoms with Crippen molar-refractivity contribution < 1.29 is 9.50 Å². The molecule has 0 aliphatic carbocycles. The molecule has 37 heavy (non-hydrogen) atoms. The summed E-state index contributed by atoms with van der Waals surface area (Å²) in [4.78, 5) is 20.6. The van der Waals surface area contributed by atoms with E-state index in [0.29, 0.717) is 23.4 Å². The lowest BCUT2D eigenvalue weighted by atomic mass is 9.98. The number of hydrogen-bond donors (Lipinski definition) is 2. The Balaban J connectivity index is 1.47. The molecule has 0 unspecified atom stereocenters. The molecule has 3 aromatic heterocycles. The summed E-state index contributed by atoms with van der Waals surface area (Å²) in [5.41, 5.74) is 10.8. The number of fused-ring (bicyclic) bond motifs is 1. The Bertz CT molecular complexity index is 1450. The molecule has 7 nitrogen and oxygen atoms in total. The topological polar surface area (TPSA) is 101 Å². The quantitative estimate of drug-likeness (QED) is 0.370. The molecular weight excluding hydrogens is 467 g/mol. The van der Waals surface area contributed by atoms with Gasteiger partial charge < -0.3 is 15.7 Å². The van der Waals surface area contributed by atoms with Crippen LogP contribution in [-0.4, -0.2) is 63.5 Å². The van der Waals surface area contributed by atoms with Crippen LogP contribution in [0.3, 0.4) is 0 Å². The number of nitrogens with two attached hydrogens (primary N) is 1. The number of nitrogens with zero attached hydrogens (tertiary/aromatic N) is 5. The predicted octanol–water partition coefficient (Wildman–Crippen LogP) is 4.33. The van der Waals surface area contributed by atoms with Crippen LogP contribution in [0.1, 0.15) is 18.4 Å². The second kappa shape index (κ2) is 11.4. The van der Waals surface area contributed by atoms with Crippen molar-refractivity contribution >= 4 is 22.8 Å². The highest BCUT2D eigenvalue weighted by Crippen LogP contribution is 2.33. The highest BCUT2D eigenvalue weighted by Gasteiger charge is 2.18. The number of aliphatic hydroxyl groups excluding tert-OH is 1. The largest absolute Gasteiger partial charge is 0.404 e. The lowest BCUT2D eigenvalue weighted by Crippen LogP contribution is -2.37. The summed E-state index contributed by atoms with van der Waals surface area (Å²) in [6, 6.07) is 14.5. The number of hydrogen-bond acceptors (Lipinski definition) is 7. The molecule has 3 N–H and O–H groups in total. The second-order valence-corrected chi connectivity index (χ2v) is 9.07.